The van der Waals surface area contributed by atoms with Gasteiger partial charge in [0.05, 0.1) is 0 Å². The van der Waals surface area contributed by atoms with Crippen molar-refractivity contribution in [1.29, 1.82) is 0 Å². The van der Waals surface area contributed by atoms with Crippen molar-refractivity contribution in [3.63, 3.8) is 0 Å². The summed E-state index contributed by atoms with van der Waals surface area (Å²) in [4.78, 5) is 2.09. The Labute approximate surface area is 72.5 Å². The number of hydrogen-bond donors (Lipinski definition) is 0. The molecular formula is C8H15ClFN. The smallest absolute Gasteiger partial charge is 0.102 e. The van der Waals surface area contributed by atoms with Crippen molar-refractivity contribution in [3.05, 3.63) is 0 Å². The van der Waals surface area contributed by atoms with Gasteiger partial charge in [0.1, 0.15) is 6.67 Å². The van der Waals surface area contributed by atoms with Crippen molar-refractivity contribution in [2.75, 3.05) is 26.3 Å². The topological polar surface area (TPSA) is 3.24 Å². The fourth-order valence-electron chi connectivity index (χ4n) is 1.41. The lowest BCUT2D eigenvalue weighted by Gasteiger charge is -2.33. The van der Waals surface area contributed by atoms with Crippen LogP contribution in [0.1, 0.15) is 13.3 Å². The molecule has 1 heterocycles. The van der Waals surface area contributed by atoms with Crippen LogP contribution in [0.3, 0.4) is 0 Å². The minimum atomic E-state index is -0.252. The van der Waals surface area contributed by atoms with Crippen molar-refractivity contribution in [1.82, 2.24) is 4.90 Å². The van der Waals surface area contributed by atoms with E-state index in [2.05, 4.69) is 11.8 Å². The molecule has 0 aromatic rings. The Morgan fingerprint density at radius 3 is 2.91 bits per heavy atom. The van der Waals surface area contributed by atoms with E-state index in [0.29, 0.717) is 12.5 Å². The number of halogens is 2. The second-order valence-corrected chi connectivity index (χ2v) is 3.83. The van der Waals surface area contributed by atoms with E-state index in [0.717, 1.165) is 19.5 Å². The summed E-state index contributed by atoms with van der Waals surface area (Å²) in [6.07, 6.45) is 1.11. The van der Waals surface area contributed by atoms with Crippen molar-refractivity contribution < 1.29 is 4.39 Å². The Balaban J connectivity index is 2.28. The van der Waals surface area contributed by atoms with Crippen molar-refractivity contribution in [2.24, 2.45) is 5.92 Å². The molecule has 0 amide bonds. The summed E-state index contributed by atoms with van der Waals surface area (Å²) in [5, 5.41) is 0.218. The van der Waals surface area contributed by atoms with E-state index in [4.69, 9.17) is 11.6 Å². The standard InChI is InChI=1S/C8H15ClFN/c1-7-2-4-11(5-3-10)6-8(7)9/h7-8H,2-6H2,1H3. The Morgan fingerprint density at radius 2 is 2.36 bits per heavy atom. The Morgan fingerprint density at radius 1 is 1.64 bits per heavy atom. The van der Waals surface area contributed by atoms with Gasteiger partial charge in [-0.15, -0.1) is 11.6 Å². The number of hydrogen-bond acceptors (Lipinski definition) is 1. The van der Waals surface area contributed by atoms with Crippen LogP contribution in [-0.4, -0.2) is 36.6 Å². The number of piperidine rings is 1. The third-order valence-corrected chi connectivity index (χ3v) is 2.92. The molecule has 0 saturated carbocycles. The Hall–Kier alpha value is 0.180. The predicted octanol–water partition coefficient (Wildman–Crippen LogP) is 1.91. The monoisotopic (exact) mass is 179 g/mol. The van der Waals surface area contributed by atoms with Gasteiger partial charge in [0, 0.05) is 18.5 Å². The van der Waals surface area contributed by atoms with Gasteiger partial charge in [-0.3, -0.25) is 4.90 Å². The zero-order chi connectivity index (χ0) is 8.27. The molecule has 0 N–H and O–H groups in total. The lowest BCUT2D eigenvalue weighted by atomic mass is 9.99. The quantitative estimate of drug-likeness (QED) is 0.586. The highest BCUT2D eigenvalue weighted by Crippen LogP contribution is 2.21. The Bertz CT molecular complexity index is 121. The van der Waals surface area contributed by atoms with Crippen LogP contribution in [0.2, 0.25) is 0 Å². The Kier molecular flexibility index (Phi) is 3.60. The van der Waals surface area contributed by atoms with E-state index in [1.807, 2.05) is 0 Å². The average Bonchev–Trinajstić information content (AvgIpc) is 1.98. The lowest BCUT2D eigenvalue weighted by Crippen LogP contribution is -2.41. The molecule has 1 fully saturated rings. The molecule has 11 heavy (non-hydrogen) atoms. The number of likely N-dealkylation sites (tertiary alicyclic amines) is 1. The highest BCUT2D eigenvalue weighted by molar-refractivity contribution is 6.21. The molecule has 0 aromatic heterocycles. The maximum Gasteiger partial charge on any atom is 0.102 e. The molecule has 66 valence electrons. The molecule has 2 atom stereocenters. The maximum absolute atomic E-state index is 11.9. The van der Waals surface area contributed by atoms with Crippen LogP contribution < -0.4 is 0 Å². The molecule has 3 heteroatoms. The largest absolute Gasteiger partial charge is 0.299 e. The first kappa shape index (κ1) is 9.27. The van der Waals surface area contributed by atoms with E-state index in [9.17, 15) is 4.39 Å². The van der Waals surface area contributed by atoms with Gasteiger partial charge in [-0.25, -0.2) is 4.39 Å². The number of alkyl halides is 2. The van der Waals surface area contributed by atoms with Crippen LogP contribution in [0.5, 0.6) is 0 Å². The summed E-state index contributed by atoms with van der Waals surface area (Å²) >= 11 is 6.03. The minimum Gasteiger partial charge on any atom is -0.299 e. The van der Waals surface area contributed by atoms with Gasteiger partial charge in [0.2, 0.25) is 0 Å². The summed E-state index contributed by atoms with van der Waals surface area (Å²) in [6.45, 7) is 4.32. The normalized spacial score (nSPS) is 34.1. The first-order chi connectivity index (χ1) is 5.24. The fourth-order valence-corrected chi connectivity index (χ4v) is 1.73. The van der Waals surface area contributed by atoms with E-state index in [-0.39, 0.29) is 12.1 Å². The van der Waals surface area contributed by atoms with E-state index >= 15 is 0 Å². The summed E-state index contributed by atoms with van der Waals surface area (Å²) < 4.78 is 11.9. The summed E-state index contributed by atoms with van der Waals surface area (Å²) in [7, 11) is 0. The summed E-state index contributed by atoms with van der Waals surface area (Å²) in [5.41, 5.74) is 0. The van der Waals surface area contributed by atoms with E-state index in [1.54, 1.807) is 0 Å². The molecule has 0 bridgehead atoms. The second kappa shape index (κ2) is 4.27. The molecular weight excluding hydrogens is 165 g/mol. The van der Waals surface area contributed by atoms with Crippen LogP contribution in [0.25, 0.3) is 0 Å². The fraction of sp³-hybridized carbons (Fsp3) is 1.00. The van der Waals surface area contributed by atoms with Crippen LogP contribution in [-0.2, 0) is 0 Å². The predicted molar refractivity (Wildman–Crippen MR) is 45.8 cm³/mol. The third-order valence-electron chi connectivity index (χ3n) is 2.35. The molecule has 1 nitrogen and oxygen atoms in total. The summed E-state index contributed by atoms with van der Waals surface area (Å²) in [6, 6.07) is 0. The molecule has 1 aliphatic heterocycles. The second-order valence-electron chi connectivity index (χ2n) is 3.27. The molecule has 1 rings (SSSR count). The van der Waals surface area contributed by atoms with Gasteiger partial charge >= 0.3 is 0 Å². The van der Waals surface area contributed by atoms with Gasteiger partial charge in [-0.05, 0) is 18.9 Å². The highest BCUT2D eigenvalue weighted by atomic mass is 35.5. The number of rotatable bonds is 2. The number of nitrogens with zero attached hydrogens (tertiary/aromatic N) is 1. The molecule has 0 radical (unpaired) electrons. The average molecular weight is 180 g/mol. The highest BCUT2D eigenvalue weighted by Gasteiger charge is 2.23. The van der Waals surface area contributed by atoms with E-state index in [1.165, 1.54) is 0 Å². The van der Waals surface area contributed by atoms with Gasteiger partial charge in [-0.2, -0.15) is 0 Å². The first-order valence-corrected chi connectivity index (χ1v) is 4.60. The molecule has 0 aliphatic carbocycles. The van der Waals surface area contributed by atoms with Crippen molar-refractivity contribution >= 4 is 11.6 Å². The first-order valence-electron chi connectivity index (χ1n) is 4.16. The van der Waals surface area contributed by atoms with E-state index < -0.39 is 0 Å². The SMILES string of the molecule is CC1CCN(CCF)CC1Cl. The third kappa shape index (κ3) is 2.60. The van der Waals surface area contributed by atoms with Gasteiger partial charge in [0.25, 0.3) is 0 Å². The molecule has 0 aromatic carbocycles. The molecule has 1 aliphatic rings. The minimum absolute atomic E-state index is 0.218. The van der Waals surface area contributed by atoms with Crippen LogP contribution in [0, 0.1) is 5.92 Å². The molecule has 0 spiro atoms. The van der Waals surface area contributed by atoms with Crippen molar-refractivity contribution in [2.45, 2.75) is 18.7 Å². The summed E-state index contributed by atoms with van der Waals surface area (Å²) in [5.74, 6) is 0.590. The van der Waals surface area contributed by atoms with Gasteiger partial charge in [-0.1, -0.05) is 6.92 Å². The van der Waals surface area contributed by atoms with Crippen LogP contribution in [0.4, 0.5) is 4.39 Å². The van der Waals surface area contributed by atoms with Gasteiger partial charge in [0.15, 0.2) is 0 Å². The zero-order valence-corrected chi connectivity index (χ0v) is 7.65. The van der Waals surface area contributed by atoms with Crippen LogP contribution >= 0.6 is 11.6 Å². The lowest BCUT2D eigenvalue weighted by molar-refractivity contribution is 0.183. The zero-order valence-electron chi connectivity index (χ0n) is 6.89. The maximum atomic E-state index is 11.9. The van der Waals surface area contributed by atoms with Crippen molar-refractivity contribution in [3.8, 4) is 0 Å². The van der Waals surface area contributed by atoms with Gasteiger partial charge < -0.3 is 0 Å². The molecule has 2 unspecified atom stereocenters. The molecule has 1 saturated heterocycles. The van der Waals surface area contributed by atoms with Crippen LogP contribution in [0.15, 0.2) is 0 Å².